The second-order valence-corrected chi connectivity index (χ2v) is 26.9. The normalized spacial score (nSPS) is 14.2. The molecule has 2 aliphatic heterocycles. The van der Waals surface area contributed by atoms with Crippen molar-refractivity contribution in [2.45, 2.75) is 10.8 Å². The van der Waals surface area contributed by atoms with Gasteiger partial charge in [0, 0.05) is 61.9 Å². The third-order valence-corrected chi connectivity index (χ3v) is 21.6. The molecule has 16 aromatic rings. The number of rotatable bonds is 11. The van der Waals surface area contributed by atoms with Crippen LogP contribution in [-0.2, 0) is 10.8 Å². The maximum atomic E-state index is 7.45. The summed E-state index contributed by atoms with van der Waals surface area (Å²) in [6.07, 6.45) is 0. The fourth-order valence-electron chi connectivity index (χ4n) is 17.3. The molecule has 1 unspecified atom stereocenters. The Balaban J connectivity index is 0.729. The molecule has 1 atom stereocenters. The van der Waals surface area contributed by atoms with Gasteiger partial charge in [0.25, 0.3) is 0 Å². The Morgan fingerprint density at radius 2 is 0.490 bits per heavy atom. The summed E-state index contributed by atoms with van der Waals surface area (Å²) in [7, 11) is 0. The lowest BCUT2D eigenvalue weighted by molar-refractivity contribution is 0.436. The predicted molar refractivity (Wildman–Crippen MR) is 418 cm³/mol. The van der Waals surface area contributed by atoms with E-state index in [4.69, 9.17) is 9.47 Å². The maximum Gasteiger partial charge on any atom is 0.140 e. The van der Waals surface area contributed by atoms with E-state index < -0.39 is 10.8 Å². The van der Waals surface area contributed by atoms with E-state index in [1.165, 1.54) is 72.3 Å². The first kappa shape index (κ1) is 58.8. The quantitative estimate of drug-likeness (QED) is 0.129. The van der Waals surface area contributed by atoms with Crippen LogP contribution in [0.4, 0.5) is 34.1 Å². The Morgan fingerprint density at radius 1 is 0.167 bits per heavy atom. The lowest BCUT2D eigenvalue weighted by atomic mass is 9.65. The monoisotopic (exact) mass is 1300 g/mol. The van der Waals surface area contributed by atoms with E-state index in [2.05, 4.69) is 398 Å². The minimum Gasteiger partial charge on any atom is -0.457 e. The molecule has 4 heteroatoms. The number of fused-ring (bicyclic) bond motifs is 18. The molecule has 478 valence electrons. The van der Waals surface area contributed by atoms with E-state index in [1.54, 1.807) is 0 Å². The Hall–Kier alpha value is -13.3. The molecule has 0 N–H and O–H groups in total. The molecule has 20 rings (SSSR count). The second-order valence-electron chi connectivity index (χ2n) is 26.9. The van der Waals surface area contributed by atoms with Gasteiger partial charge in [-0.1, -0.05) is 291 Å². The summed E-state index contributed by atoms with van der Waals surface area (Å²) in [5.74, 6) is 3.42. The van der Waals surface area contributed by atoms with Crippen molar-refractivity contribution in [2.75, 3.05) is 9.80 Å². The van der Waals surface area contributed by atoms with Gasteiger partial charge in [0.15, 0.2) is 0 Å². The number of para-hydroxylation sites is 5. The largest absolute Gasteiger partial charge is 0.457 e. The lowest BCUT2D eigenvalue weighted by Gasteiger charge is -2.40. The van der Waals surface area contributed by atoms with Crippen molar-refractivity contribution in [3.63, 3.8) is 0 Å². The van der Waals surface area contributed by atoms with Crippen molar-refractivity contribution in [2.24, 2.45) is 0 Å². The summed E-state index contributed by atoms with van der Waals surface area (Å²) in [4.78, 5) is 4.82. The highest BCUT2D eigenvalue weighted by Gasteiger charge is 2.53. The van der Waals surface area contributed by atoms with Crippen LogP contribution in [0.5, 0.6) is 23.0 Å². The molecule has 102 heavy (non-hydrogen) atoms. The molecule has 0 amide bonds. The van der Waals surface area contributed by atoms with Gasteiger partial charge < -0.3 is 19.3 Å². The number of benzene rings is 16. The van der Waals surface area contributed by atoms with E-state index >= 15 is 0 Å². The number of hydrogen-bond acceptors (Lipinski definition) is 4. The molecule has 4 aliphatic rings. The zero-order valence-electron chi connectivity index (χ0n) is 55.7. The number of hydrogen-bond donors (Lipinski definition) is 0. The van der Waals surface area contributed by atoms with Crippen LogP contribution in [0.1, 0.15) is 44.5 Å². The Morgan fingerprint density at radius 3 is 1.05 bits per heavy atom. The van der Waals surface area contributed by atoms with Gasteiger partial charge in [-0.15, -0.1) is 0 Å². The minimum atomic E-state index is -0.731. The summed E-state index contributed by atoms with van der Waals surface area (Å²) in [6.45, 7) is 0. The van der Waals surface area contributed by atoms with E-state index in [0.717, 1.165) is 107 Å². The van der Waals surface area contributed by atoms with Crippen LogP contribution in [0.2, 0.25) is 0 Å². The number of ether oxygens (including phenoxy) is 2. The molecule has 2 spiro atoms. The fraction of sp³-hybridized carbons (Fsp3) is 0.0204. The highest BCUT2D eigenvalue weighted by molar-refractivity contribution is 5.96. The predicted octanol–water partition coefficient (Wildman–Crippen LogP) is 25.9. The van der Waals surface area contributed by atoms with Gasteiger partial charge in [-0.2, -0.15) is 0 Å². The summed E-state index contributed by atoms with van der Waals surface area (Å²) in [5.41, 5.74) is 30.6. The van der Waals surface area contributed by atoms with Crippen molar-refractivity contribution in [1.82, 2.24) is 0 Å². The first-order valence-corrected chi connectivity index (χ1v) is 35.1. The minimum absolute atomic E-state index is 0.603. The van der Waals surface area contributed by atoms with Crippen LogP contribution < -0.4 is 19.3 Å². The van der Waals surface area contributed by atoms with Crippen molar-refractivity contribution in [1.29, 1.82) is 0 Å². The molecule has 2 heterocycles. The van der Waals surface area contributed by atoms with E-state index in [9.17, 15) is 0 Å². The average molecular weight is 1300 g/mol. The third kappa shape index (κ3) is 9.09. The van der Waals surface area contributed by atoms with Gasteiger partial charge in [0.2, 0.25) is 0 Å². The van der Waals surface area contributed by atoms with Crippen LogP contribution in [-0.4, -0.2) is 0 Å². The van der Waals surface area contributed by atoms with Crippen LogP contribution in [0.25, 0.3) is 77.9 Å². The summed E-state index contributed by atoms with van der Waals surface area (Å²) in [6, 6.07) is 142. The SMILES string of the molecule is c1ccc(-c2cccc(-c3ccc(N(c4cccc(-c5cccc6c5Oc5ccccc5C65c6ccccc6-c6cc(N(c7ccccc7)c7ccc(-c8ccccc8-c8ccccc8)cc7)ccc65)c4)c4ccc5c(c4)-c4ccccc4C54c5ccccc5Oc5ccccc54)cc3)c2)cc1. The Bertz CT molecular complexity index is 5920. The van der Waals surface area contributed by atoms with Gasteiger partial charge in [0.05, 0.1) is 10.8 Å². The fourth-order valence-corrected chi connectivity index (χ4v) is 17.3. The molecule has 4 nitrogen and oxygen atoms in total. The first-order valence-electron chi connectivity index (χ1n) is 35.1. The summed E-state index contributed by atoms with van der Waals surface area (Å²) in [5, 5.41) is 0. The van der Waals surface area contributed by atoms with Gasteiger partial charge in [-0.3, -0.25) is 0 Å². The topological polar surface area (TPSA) is 24.9 Å². The Labute approximate surface area is 594 Å². The average Bonchev–Trinajstić information content (AvgIpc) is 1.52. The zero-order valence-corrected chi connectivity index (χ0v) is 55.7. The third-order valence-electron chi connectivity index (χ3n) is 21.6. The molecule has 0 aromatic heterocycles. The van der Waals surface area contributed by atoms with Gasteiger partial charge in [0.1, 0.15) is 23.0 Å². The van der Waals surface area contributed by atoms with Gasteiger partial charge in [-0.25, -0.2) is 0 Å². The molecule has 0 saturated carbocycles. The number of anilines is 6. The first-order chi connectivity index (χ1) is 50.6. The highest BCUT2D eigenvalue weighted by Crippen LogP contribution is 2.66. The summed E-state index contributed by atoms with van der Waals surface area (Å²) >= 11 is 0. The van der Waals surface area contributed by atoms with Gasteiger partial charge >= 0.3 is 0 Å². The van der Waals surface area contributed by atoms with Crippen LogP contribution in [0.3, 0.4) is 0 Å². The van der Waals surface area contributed by atoms with E-state index in [1.807, 2.05) is 0 Å². The molecule has 0 bridgehead atoms. The molecular formula is C98H64N2O2. The second kappa shape index (κ2) is 23.7. The lowest BCUT2D eigenvalue weighted by Crippen LogP contribution is -2.32. The highest BCUT2D eigenvalue weighted by atomic mass is 16.5. The van der Waals surface area contributed by atoms with Crippen molar-refractivity contribution in [3.8, 4) is 101 Å². The standard InChI is InChI=1S/C98H64N2O2/c1-4-25-65(26-5-1)69-29-22-30-70(61-69)66-49-53-74(54-50-66)100(77-58-59-87-83(64-77)81-37-12-14-40-85(81)97(87)89-42-16-19-46-93(89)101-94-47-20-17-43-90(94)97)75-34-23-31-71(62-75)80-39-24-45-92-96(80)102-95-48-21-18-44-91(95)98(92)86-41-15-13-38-82(86)84-63-76(57-60-88(84)98)99(72-32-8-3-9-33-72)73-55-51-68(52-56-73)79-36-11-10-35-78(79)67-27-6-2-7-28-67/h1-64H. The van der Waals surface area contributed by atoms with Crippen LogP contribution in [0, 0.1) is 0 Å². The molecule has 0 radical (unpaired) electrons. The van der Waals surface area contributed by atoms with E-state index in [-0.39, 0.29) is 0 Å². The molecule has 2 aliphatic carbocycles. The van der Waals surface area contributed by atoms with E-state index in [0.29, 0.717) is 0 Å². The van der Waals surface area contributed by atoms with Crippen LogP contribution >= 0.6 is 0 Å². The molecule has 16 aromatic carbocycles. The molecule has 0 saturated heterocycles. The molecule has 0 fully saturated rings. The molecular weight excluding hydrogens is 1240 g/mol. The smallest absolute Gasteiger partial charge is 0.140 e. The maximum absolute atomic E-state index is 7.45. The van der Waals surface area contributed by atoms with Crippen molar-refractivity contribution in [3.05, 3.63) is 433 Å². The van der Waals surface area contributed by atoms with Crippen LogP contribution in [0.15, 0.2) is 388 Å². The summed E-state index contributed by atoms with van der Waals surface area (Å²) < 4.78 is 14.2. The van der Waals surface area contributed by atoms with Crippen molar-refractivity contribution >= 4 is 34.1 Å². The van der Waals surface area contributed by atoms with Crippen molar-refractivity contribution < 1.29 is 9.47 Å². The van der Waals surface area contributed by atoms with Gasteiger partial charge in [-0.05, 0) is 192 Å². The number of nitrogens with zero attached hydrogens (tertiary/aromatic N) is 2. The zero-order chi connectivity index (χ0) is 67.3. The Kier molecular flexibility index (Phi) is 13.7.